The summed E-state index contributed by atoms with van der Waals surface area (Å²) in [5.74, 6) is -1.01. The molecule has 1 atom stereocenters. The molecule has 1 aromatic carbocycles. The lowest BCUT2D eigenvalue weighted by atomic mass is 10.1. The van der Waals surface area contributed by atoms with E-state index in [1.54, 1.807) is 0 Å². The zero-order chi connectivity index (χ0) is 15.6. The molecular weight excluding hydrogens is 291 g/mol. The highest BCUT2D eigenvalue weighted by molar-refractivity contribution is 5.97. The lowest BCUT2D eigenvalue weighted by molar-refractivity contribution is -0.383. The molecule has 6 nitrogen and oxygen atoms in total. The first-order chi connectivity index (χ1) is 9.91. The first kappa shape index (κ1) is 15.0. The normalized spacial score (nSPS) is 12.6. The highest BCUT2D eigenvalue weighted by atomic mass is 19.3. The molecule has 1 aromatic heterocycles. The fourth-order valence-electron chi connectivity index (χ4n) is 1.81. The summed E-state index contributed by atoms with van der Waals surface area (Å²) in [6, 6.07) is 3.49. The molecule has 0 aliphatic heterocycles. The number of aliphatic hydroxyl groups excluding tert-OH is 1. The van der Waals surface area contributed by atoms with Crippen molar-refractivity contribution in [3.8, 4) is 0 Å². The van der Waals surface area contributed by atoms with Crippen molar-refractivity contribution in [3.05, 3.63) is 40.3 Å². The number of anilines is 1. The quantitative estimate of drug-likeness (QED) is 0.653. The molecule has 0 amide bonds. The number of aromatic nitrogens is 1. The van der Waals surface area contributed by atoms with E-state index in [0.29, 0.717) is 6.07 Å². The van der Waals surface area contributed by atoms with Crippen LogP contribution in [0.3, 0.4) is 0 Å². The smallest absolute Gasteiger partial charge is 0.281 e. The molecule has 2 rings (SSSR count). The van der Waals surface area contributed by atoms with E-state index in [9.17, 15) is 23.3 Å². The molecule has 1 unspecified atom stereocenters. The Balaban J connectivity index is 2.47. The molecule has 1 heterocycles. The van der Waals surface area contributed by atoms with Gasteiger partial charge in [-0.1, -0.05) is 0 Å². The van der Waals surface area contributed by atoms with Crippen molar-refractivity contribution in [1.82, 2.24) is 4.98 Å². The molecule has 0 aliphatic rings. The molecule has 0 radical (unpaired) electrons. The molecule has 21 heavy (non-hydrogen) atoms. The number of hydrogen-bond acceptors (Lipinski definition) is 5. The summed E-state index contributed by atoms with van der Waals surface area (Å²) < 4.78 is 38.4. The molecule has 0 aliphatic carbocycles. The number of halogens is 3. The second-order valence-corrected chi connectivity index (χ2v) is 4.19. The van der Waals surface area contributed by atoms with E-state index in [1.807, 2.05) is 0 Å². The number of hydrogen-bond donors (Lipinski definition) is 2. The minimum Gasteiger partial charge on any atom is -0.385 e. The van der Waals surface area contributed by atoms with Crippen molar-refractivity contribution in [2.45, 2.75) is 12.5 Å². The Bertz CT molecular complexity index is 681. The highest BCUT2D eigenvalue weighted by Gasteiger charge is 2.22. The summed E-state index contributed by atoms with van der Waals surface area (Å²) in [6.45, 7) is -0.613. The standard InChI is InChI=1S/C12H10F3N3O3/c13-7-4-8(18(20)21)6-2-1-3-16-10(6)11(7)17-5-9(19)12(14)15/h1-4,9,12,17,19H,5H2. The van der Waals surface area contributed by atoms with Crippen LogP contribution in [0.25, 0.3) is 10.9 Å². The summed E-state index contributed by atoms with van der Waals surface area (Å²) in [5.41, 5.74) is -0.808. The van der Waals surface area contributed by atoms with Gasteiger partial charge in [-0.3, -0.25) is 15.1 Å². The van der Waals surface area contributed by atoms with Crippen LogP contribution in [0.1, 0.15) is 0 Å². The zero-order valence-electron chi connectivity index (χ0n) is 10.5. The van der Waals surface area contributed by atoms with Crippen LogP contribution in [0.2, 0.25) is 0 Å². The first-order valence-corrected chi connectivity index (χ1v) is 5.83. The molecule has 0 bridgehead atoms. The van der Waals surface area contributed by atoms with Gasteiger partial charge < -0.3 is 10.4 Å². The van der Waals surface area contributed by atoms with E-state index in [-0.39, 0.29) is 16.6 Å². The van der Waals surface area contributed by atoms with Crippen molar-refractivity contribution < 1.29 is 23.2 Å². The van der Waals surface area contributed by atoms with E-state index >= 15 is 0 Å². The van der Waals surface area contributed by atoms with Crippen molar-refractivity contribution in [2.75, 3.05) is 11.9 Å². The number of rotatable bonds is 5. The number of nitrogens with zero attached hydrogens (tertiary/aromatic N) is 2. The van der Waals surface area contributed by atoms with Crippen molar-refractivity contribution in [2.24, 2.45) is 0 Å². The van der Waals surface area contributed by atoms with Crippen LogP contribution >= 0.6 is 0 Å². The summed E-state index contributed by atoms with van der Waals surface area (Å²) in [4.78, 5) is 14.0. The predicted molar refractivity (Wildman–Crippen MR) is 68.9 cm³/mol. The fourth-order valence-corrected chi connectivity index (χ4v) is 1.81. The first-order valence-electron chi connectivity index (χ1n) is 5.83. The van der Waals surface area contributed by atoms with Crippen molar-refractivity contribution >= 4 is 22.3 Å². The van der Waals surface area contributed by atoms with Gasteiger partial charge in [0.05, 0.1) is 22.1 Å². The Labute approximate surface area is 116 Å². The maximum Gasteiger partial charge on any atom is 0.281 e. The van der Waals surface area contributed by atoms with Crippen LogP contribution in [0.4, 0.5) is 24.5 Å². The van der Waals surface area contributed by atoms with Crippen LogP contribution in [0, 0.1) is 15.9 Å². The van der Waals surface area contributed by atoms with Crippen LogP contribution in [0.5, 0.6) is 0 Å². The second kappa shape index (κ2) is 5.92. The Morgan fingerprint density at radius 3 is 2.81 bits per heavy atom. The van der Waals surface area contributed by atoms with Gasteiger partial charge in [-0.2, -0.15) is 0 Å². The van der Waals surface area contributed by atoms with Crippen LogP contribution in [-0.4, -0.2) is 34.1 Å². The van der Waals surface area contributed by atoms with Gasteiger partial charge in [-0.15, -0.1) is 0 Å². The van der Waals surface area contributed by atoms with Gasteiger partial charge in [0, 0.05) is 12.7 Å². The monoisotopic (exact) mass is 301 g/mol. The number of benzene rings is 1. The topological polar surface area (TPSA) is 88.3 Å². The lowest BCUT2D eigenvalue weighted by Gasteiger charge is -2.14. The molecular formula is C12H10F3N3O3. The summed E-state index contributed by atoms with van der Waals surface area (Å²) in [7, 11) is 0. The highest BCUT2D eigenvalue weighted by Crippen LogP contribution is 2.32. The van der Waals surface area contributed by atoms with Gasteiger partial charge in [0.1, 0.15) is 11.6 Å². The Hall–Kier alpha value is -2.42. The average molecular weight is 301 g/mol. The summed E-state index contributed by atoms with van der Waals surface area (Å²) in [6.07, 6.45) is -3.68. The Morgan fingerprint density at radius 2 is 2.19 bits per heavy atom. The molecule has 0 fully saturated rings. The number of pyridine rings is 1. The molecule has 0 saturated heterocycles. The van der Waals surface area contributed by atoms with Crippen LogP contribution < -0.4 is 5.32 Å². The third-order valence-corrected chi connectivity index (χ3v) is 2.80. The van der Waals surface area contributed by atoms with Crippen molar-refractivity contribution in [1.29, 1.82) is 0 Å². The number of alkyl halides is 2. The number of aliphatic hydroxyl groups is 1. The van der Waals surface area contributed by atoms with Gasteiger partial charge in [0.15, 0.2) is 5.82 Å². The fraction of sp³-hybridized carbons (Fsp3) is 0.250. The second-order valence-electron chi connectivity index (χ2n) is 4.19. The lowest BCUT2D eigenvalue weighted by Crippen LogP contribution is -2.27. The molecule has 0 spiro atoms. The number of nitro groups is 1. The molecule has 2 aromatic rings. The maximum absolute atomic E-state index is 13.9. The van der Waals surface area contributed by atoms with Gasteiger partial charge >= 0.3 is 0 Å². The van der Waals surface area contributed by atoms with E-state index in [1.165, 1.54) is 18.3 Å². The number of fused-ring (bicyclic) bond motifs is 1. The van der Waals surface area contributed by atoms with Crippen LogP contribution in [-0.2, 0) is 0 Å². The average Bonchev–Trinajstić information content (AvgIpc) is 2.44. The number of non-ortho nitro benzene ring substituents is 1. The van der Waals surface area contributed by atoms with Crippen molar-refractivity contribution in [3.63, 3.8) is 0 Å². The predicted octanol–water partition coefficient (Wildman–Crippen LogP) is 2.32. The summed E-state index contributed by atoms with van der Waals surface area (Å²) in [5, 5.41) is 22.3. The molecule has 2 N–H and O–H groups in total. The van der Waals surface area contributed by atoms with Crippen LogP contribution in [0.15, 0.2) is 24.4 Å². The third kappa shape index (κ3) is 3.02. The Kier molecular flexibility index (Phi) is 4.22. The SMILES string of the molecule is O=[N+]([O-])c1cc(F)c(NCC(O)C(F)F)c2ncccc12. The van der Waals surface area contributed by atoms with E-state index < -0.39 is 35.5 Å². The Morgan fingerprint density at radius 1 is 1.48 bits per heavy atom. The summed E-state index contributed by atoms with van der Waals surface area (Å²) >= 11 is 0. The van der Waals surface area contributed by atoms with E-state index in [4.69, 9.17) is 5.11 Å². The molecule has 9 heteroatoms. The molecule has 0 saturated carbocycles. The number of nitrogens with one attached hydrogen (secondary N) is 1. The number of nitro benzene ring substituents is 1. The van der Waals surface area contributed by atoms with E-state index in [2.05, 4.69) is 10.3 Å². The van der Waals surface area contributed by atoms with E-state index in [0.717, 1.165) is 0 Å². The van der Waals surface area contributed by atoms with Gasteiger partial charge in [0.25, 0.3) is 12.1 Å². The third-order valence-electron chi connectivity index (χ3n) is 2.80. The molecule has 112 valence electrons. The maximum atomic E-state index is 13.9. The zero-order valence-corrected chi connectivity index (χ0v) is 10.5. The van der Waals surface area contributed by atoms with Gasteiger partial charge in [-0.25, -0.2) is 13.2 Å². The largest absolute Gasteiger partial charge is 0.385 e. The minimum atomic E-state index is -2.99. The van der Waals surface area contributed by atoms with Gasteiger partial charge in [-0.05, 0) is 12.1 Å². The van der Waals surface area contributed by atoms with Gasteiger partial charge in [0.2, 0.25) is 0 Å². The minimum absolute atomic E-state index is 0.0642.